The maximum Gasteiger partial charge on any atom is 0.249 e. The van der Waals surface area contributed by atoms with Gasteiger partial charge >= 0.3 is 0 Å². The molecule has 0 saturated heterocycles. The summed E-state index contributed by atoms with van der Waals surface area (Å²) in [5.41, 5.74) is 1.67. The Labute approximate surface area is 123 Å². The van der Waals surface area contributed by atoms with Crippen LogP contribution in [0.3, 0.4) is 0 Å². The van der Waals surface area contributed by atoms with E-state index in [-0.39, 0.29) is 18.6 Å². The lowest BCUT2D eigenvalue weighted by Gasteiger charge is -2.36. The maximum atomic E-state index is 12.5. The second-order valence-corrected chi connectivity index (χ2v) is 5.19. The van der Waals surface area contributed by atoms with Crippen molar-refractivity contribution in [1.82, 2.24) is 0 Å². The van der Waals surface area contributed by atoms with E-state index in [0.717, 1.165) is 11.4 Å². The molecule has 2 aliphatic heterocycles. The zero-order valence-electron chi connectivity index (χ0n) is 12.1. The molecule has 6 nitrogen and oxygen atoms in total. The van der Waals surface area contributed by atoms with Gasteiger partial charge in [-0.3, -0.25) is 4.79 Å². The molecule has 0 aromatic heterocycles. The summed E-state index contributed by atoms with van der Waals surface area (Å²) in [6.45, 7) is 3.59. The third-order valence-corrected chi connectivity index (χ3v) is 3.79. The van der Waals surface area contributed by atoms with Gasteiger partial charge in [0.05, 0.1) is 11.4 Å². The van der Waals surface area contributed by atoms with Gasteiger partial charge in [0.2, 0.25) is 5.91 Å². The molecule has 6 heteroatoms. The smallest absolute Gasteiger partial charge is 0.249 e. The topological polar surface area (TPSA) is 71.0 Å². The van der Waals surface area contributed by atoms with Gasteiger partial charge in [-0.2, -0.15) is 0 Å². The summed E-state index contributed by atoms with van der Waals surface area (Å²) >= 11 is 0. The number of anilines is 2. The lowest BCUT2D eigenvalue weighted by atomic mass is 10.1. The SMILES string of the molecule is CCC1Nc2cc3c(cc2N(CCCO)C1=O)OCCO3. The van der Waals surface area contributed by atoms with E-state index in [9.17, 15) is 4.79 Å². The number of benzene rings is 1. The molecule has 1 atom stereocenters. The number of fused-ring (bicyclic) bond motifs is 2. The number of rotatable bonds is 4. The molecule has 0 saturated carbocycles. The first-order valence-electron chi connectivity index (χ1n) is 7.37. The van der Waals surface area contributed by atoms with Crippen molar-refractivity contribution in [1.29, 1.82) is 0 Å². The average molecular weight is 292 g/mol. The van der Waals surface area contributed by atoms with Gasteiger partial charge in [0.15, 0.2) is 11.5 Å². The van der Waals surface area contributed by atoms with Crippen LogP contribution in [-0.2, 0) is 4.79 Å². The van der Waals surface area contributed by atoms with Crippen molar-refractivity contribution in [3.63, 3.8) is 0 Å². The number of hydrogen-bond donors (Lipinski definition) is 2. The van der Waals surface area contributed by atoms with Crippen molar-refractivity contribution in [3.8, 4) is 11.5 Å². The van der Waals surface area contributed by atoms with Gasteiger partial charge in [0.25, 0.3) is 0 Å². The Bertz CT molecular complexity index is 547. The van der Waals surface area contributed by atoms with Crippen LogP contribution in [0.4, 0.5) is 11.4 Å². The predicted octanol–water partition coefficient (Wildman–Crippen LogP) is 1.38. The van der Waals surface area contributed by atoms with E-state index >= 15 is 0 Å². The summed E-state index contributed by atoms with van der Waals surface area (Å²) in [5, 5.41) is 12.3. The van der Waals surface area contributed by atoms with E-state index < -0.39 is 0 Å². The highest BCUT2D eigenvalue weighted by Gasteiger charge is 2.32. The summed E-state index contributed by atoms with van der Waals surface area (Å²) < 4.78 is 11.2. The number of ether oxygens (including phenoxy) is 2. The molecular weight excluding hydrogens is 272 g/mol. The van der Waals surface area contributed by atoms with E-state index in [1.54, 1.807) is 4.90 Å². The Morgan fingerprint density at radius 2 is 2.05 bits per heavy atom. The van der Waals surface area contributed by atoms with Crippen LogP contribution in [0.1, 0.15) is 19.8 Å². The van der Waals surface area contributed by atoms with E-state index in [0.29, 0.717) is 44.1 Å². The molecule has 114 valence electrons. The number of aliphatic hydroxyl groups excluding tert-OH is 1. The molecule has 0 radical (unpaired) electrons. The van der Waals surface area contributed by atoms with E-state index in [1.165, 1.54) is 0 Å². The standard InChI is InChI=1S/C15H20N2O4/c1-2-10-15(19)17(4-3-5-18)12-9-14-13(8-11(12)16-10)20-6-7-21-14/h8-10,16,18H,2-7H2,1H3. The lowest BCUT2D eigenvalue weighted by molar-refractivity contribution is -0.119. The molecule has 1 aromatic rings. The molecule has 2 N–H and O–H groups in total. The lowest BCUT2D eigenvalue weighted by Crippen LogP contribution is -2.47. The second kappa shape index (κ2) is 5.81. The van der Waals surface area contributed by atoms with Gasteiger partial charge < -0.3 is 24.8 Å². The zero-order chi connectivity index (χ0) is 14.8. The van der Waals surface area contributed by atoms with Gasteiger partial charge in [-0.1, -0.05) is 6.92 Å². The number of hydrogen-bond acceptors (Lipinski definition) is 5. The quantitative estimate of drug-likeness (QED) is 0.877. The molecule has 0 spiro atoms. The third-order valence-electron chi connectivity index (χ3n) is 3.79. The van der Waals surface area contributed by atoms with Crippen molar-refractivity contribution in [3.05, 3.63) is 12.1 Å². The highest BCUT2D eigenvalue weighted by molar-refractivity contribution is 6.05. The zero-order valence-corrected chi connectivity index (χ0v) is 12.1. The van der Waals surface area contributed by atoms with Gasteiger partial charge in [0, 0.05) is 25.3 Å². The van der Waals surface area contributed by atoms with Gasteiger partial charge in [-0.15, -0.1) is 0 Å². The largest absolute Gasteiger partial charge is 0.486 e. The fourth-order valence-electron chi connectivity index (χ4n) is 2.71. The minimum absolute atomic E-state index is 0.0372. The first-order valence-corrected chi connectivity index (χ1v) is 7.37. The molecule has 2 heterocycles. The molecular formula is C15H20N2O4. The molecule has 1 amide bonds. The van der Waals surface area contributed by atoms with Gasteiger partial charge in [-0.05, 0) is 12.8 Å². The first-order chi connectivity index (χ1) is 10.2. The Morgan fingerprint density at radius 1 is 1.33 bits per heavy atom. The van der Waals surface area contributed by atoms with Crippen LogP contribution in [0.25, 0.3) is 0 Å². The molecule has 0 bridgehead atoms. The Kier molecular flexibility index (Phi) is 3.88. The van der Waals surface area contributed by atoms with Crippen molar-refractivity contribution in [2.24, 2.45) is 0 Å². The van der Waals surface area contributed by atoms with Crippen LogP contribution in [0.2, 0.25) is 0 Å². The number of carbonyl (C=O) groups is 1. The Balaban J connectivity index is 2.00. The molecule has 0 aliphatic carbocycles. The average Bonchev–Trinajstić information content (AvgIpc) is 2.52. The minimum Gasteiger partial charge on any atom is -0.486 e. The fraction of sp³-hybridized carbons (Fsp3) is 0.533. The van der Waals surface area contributed by atoms with Crippen LogP contribution in [0.15, 0.2) is 12.1 Å². The molecule has 1 unspecified atom stereocenters. The summed E-state index contributed by atoms with van der Waals surface area (Å²) in [5.74, 6) is 1.41. The third kappa shape index (κ3) is 2.51. The number of amides is 1. The summed E-state index contributed by atoms with van der Waals surface area (Å²) in [6, 6.07) is 3.50. The van der Waals surface area contributed by atoms with Crippen molar-refractivity contribution < 1.29 is 19.4 Å². The molecule has 1 aromatic carbocycles. The number of carbonyl (C=O) groups excluding carboxylic acids is 1. The van der Waals surface area contributed by atoms with E-state index in [1.807, 2.05) is 19.1 Å². The van der Waals surface area contributed by atoms with Crippen LogP contribution in [-0.4, -0.2) is 43.4 Å². The van der Waals surface area contributed by atoms with Gasteiger partial charge in [0.1, 0.15) is 19.3 Å². The minimum atomic E-state index is -0.237. The molecule has 2 aliphatic rings. The van der Waals surface area contributed by atoms with E-state index in [4.69, 9.17) is 14.6 Å². The summed E-state index contributed by atoms with van der Waals surface area (Å²) in [6.07, 6.45) is 1.26. The second-order valence-electron chi connectivity index (χ2n) is 5.19. The maximum absolute atomic E-state index is 12.5. The normalized spacial score (nSPS) is 20.0. The number of nitrogens with zero attached hydrogens (tertiary/aromatic N) is 1. The monoisotopic (exact) mass is 292 g/mol. The number of nitrogens with one attached hydrogen (secondary N) is 1. The van der Waals surface area contributed by atoms with Crippen LogP contribution in [0.5, 0.6) is 11.5 Å². The Morgan fingerprint density at radius 3 is 2.71 bits per heavy atom. The fourth-order valence-corrected chi connectivity index (χ4v) is 2.71. The van der Waals surface area contributed by atoms with Crippen LogP contribution < -0.4 is 19.7 Å². The van der Waals surface area contributed by atoms with Crippen molar-refractivity contribution in [2.45, 2.75) is 25.8 Å². The highest BCUT2D eigenvalue weighted by Crippen LogP contribution is 2.42. The van der Waals surface area contributed by atoms with Crippen LogP contribution in [0, 0.1) is 0 Å². The van der Waals surface area contributed by atoms with Gasteiger partial charge in [-0.25, -0.2) is 0 Å². The van der Waals surface area contributed by atoms with Crippen LogP contribution >= 0.6 is 0 Å². The Hall–Kier alpha value is -1.95. The molecule has 21 heavy (non-hydrogen) atoms. The predicted molar refractivity (Wildman–Crippen MR) is 79.2 cm³/mol. The molecule has 0 fully saturated rings. The molecule has 3 rings (SSSR count). The van der Waals surface area contributed by atoms with Crippen molar-refractivity contribution in [2.75, 3.05) is 36.6 Å². The highest BCUT2D eigenvalue weighted by atomic mass is 16.6. The first kappa shape index (κ1) is 14.0. The summed E-state index contributed by atoms with van der Waals surface area (Å²) in [7, 11) is 0. The number of aliphatic hydroxyl groups is 1. The van der Waals surface area contributed by atoms with E-state index in [2.05, 4.69) is 5.32 Å². The summed E-state index contributed by atoms with van der Waals surface area (Å²) in [4.78, 5) is 14.2. The van der Waals surface area contributed by atoms with Crippen molar-refractivity contribution >= 4 is 17.3 Å².